The number of hydrogen-bond acceptors (Lipinski definition) is 6. The Morgan fingerprint density at radius 2 is 1.85 bits per heavy atom. The van der Waals surface area contributed by atoms with Crippen LogP contribution in [-0.2, 0) is 30.6 Å². The highest BCUT2D eigenvalue weighted by Crippen LogP contribution is 2.35. The van der Waals surface area contributed by atoms with E-state index in [0.717, 1.165) is 53.7 Å². The fraction of sp³-hybridized carbons (Fsp3) is 0.414. The summed E-state index contributed by atoms with van der Waals surface area (Å²) in [5.41, 5.74) is 3.57. The van der Waals surface area contributed by atoms with Gasteiger partial charge in [0.1, 0.15) is 17.6 Å². The van der Waals surface area contributed by atoms with E-state index in [-0.39, 0.29) is 24.2 Å². The summed E-state index contributed by atoms with van der Waals surface area (Å²) in [6, 6.07) is 11.4. The van der Waals surface area contributed by atoms with E-state index >= 15 is 0 Å². The van der Waals surface area contributed by atoms with E-state index in [1.807, 2.05) is 30.0 Å². The maximum atomic E-state index is 12.5. The molecule has 1 aliphatic rings. The largest absolute Gasteiger partial charge is 0.573 e. The van der Waals surface area contributed by atoms with Crippen LogP contribution in [0.2, 0.25) is 0 Å². The fourth-order valence-electron chi connectivity index (χ4n) is 4.80. The predicted molar refractivity (Wildman–Crippen MR) is 140 cm³/mol. The van der Waals surface area contributed by atoms with Crippen molar-refractivity contribution in [1.82, 2.24) is 9.97 Å². The minimum absolute atomic E-state index is 0.0263. The summed E-state index contributed by atoms with van der Waals surface area (Å²) in [6.07, 6.45) is 1.88. The van der Waals surface area contributed by atoms with Crippen molar-refractivity contribution in [1.29, 1.82) is 0 Å². The smallest absolute Gasteiger partial charge is 0.490 e. The minimum atomic E-state index is -4.74. The number of aryl methyl sites for hydroxylation is 1. The van der Waals surface area contributed by atoms with Crippen LogP contribution in [0.25, 0.3) is 0 Å². The van der Waals surface area contributed by atoms with Gasteiger partial charge in [0.2, 0.25) is 5.95 Å². The second-order valence-electron chi connectivity index (χ2n) is 9.80. The summed E-state index contributed by atoms with van der Waals surface area (Å²) in [5.74, 6) is 0.367. The molecule has 208 valence electrons. The molecule has 0 fully saturated rings. The second-order valence-corrected chi connectivity index (χ2v) is 9.80. The zero-order chi connectivity index (χ0) is 28.0. The van der Waals surface area contributed by atoms with Gasteiger partial charge in [0.15, 0.2) is 0 Å². The molecule has 0 saturated carbocycles. The number of carboxylic acid groups (broad SMARTS) is 1. The van der Waals surface area contributed by atoms with Gasteiger partial charge in [-0.25, -0.2) is 9.97 Å². The summed E-state index contributed by atoms with van der Waals surface area (Å²) >= 11 is 0. The van der Waals surface area contributed by atoms with E-state index in [9.17, 15) is 23.1 Å². The van der Waals surface area contributed by atoms with E-state index < -0.39 is 12.3 Å². The Hall–Kier alpha value is -3.82. The van der Waals surface area contributed by atoms with Gasteiger partial charge in [-0.05, 0) is 72.1 Å². The molecule has 0 spiro atoms. The molecule has 0 radical (unpaired) electrons. The van der Waals surface area contributed by atoms with Crippen molar-refractivity contribution >= 4 is 11.9 Å². The Labute approximate surface area is 225 Å². The van der Waals surface area contributed by atoms with Crippen molar-refractivity contribution in [3.63, 3.8) is 0 Å². The Bertz CT molecular complexity index is 1250. The van der Waals surface area contributed by atoms with E-state index in [4.69, 9.17) is 4.74 Å². The minimum Gasteiger partial charge on any atom is -0.490 e. The molecule has 1 aliphatic heterocycles. The molecule has 1 N–H and O–H groups in total. The maximum Gasteiger partial charge on any atom is 0.573 e. The number of aliphatic carboxylic acids is 1. The van der Waals surface area contributed by atoms with Crippen molar-refractivity contribution in [3.8, 4) is 11.5 Å². The first-order valence-electron chi connectivity index (χ1n) is 13.0. The number of rotatable bonds is 11. The third-order valence-electron chi connectivity index (χ3n) is 6.84. The number of hydrogen-bond donors (Lipinski definition) is 1. The zero-order valence-electron chi connectivity index (χ0n) is 21.9. The first kappa shape index (κ1) is 28.2. The van der Waals surface area contributed by atoms with E-state index in [1.165, 1.54) is 12.1 Å². The van der Waals surface area contributed by atoms with Crippen LogP contribution in [0.15, 0.2) is 54.9 Å². The highest BCUT2D eigenvalue weighted by Gasteiger charge is 2.31. The van der Waals surface area contributed by atoms with Crippen molar-refractivity contribution in [3.05, 3.63) is 77.1 Å². The van der Waals surface area contributed by atoms with E-state index in [0.29, 0.717) is 19.0 Å². The van der Waals surface area contributed by atoms with Gasteiger partial charge in [-0.15, -0.1) is 13.2 Å². The average Bonchev–Trinajstić information content (AvgIpc) is 2.89. The van der Waals surface area contributed by atoms with Crippen LogP contribution in [0.1, 0.15) is 48.9 Å². The Balaban J connectivity index is 1.43. The number of anilines is 1. The first-order valence-corrected chi connectivity index (χ1v) is 13.0. The zero-order valence-corrected chi connectivity index (χ0v) is 21.9. The summed E-state index contributed by atoms with van der Waals surface area (Å²) in [5, 5.41) is 9.23. The molecule has 1 aromatic heterocycles. The number of benzene rings is 2. The number of nitrogens with zero attached hydrogens (tertiary/aromatic N) is 3. The van der Waals surface area contributed by atoms with Gasteiger partial charge in [0.05, 0.1) is 6.42 Å². The molecule has 39 heavy (non-hydrogen) atoms. The second kappa shape index (κ2) is 12.4. The first-order chi connectivity index (χ1) is 18.6. The molecule has 0 amide bonds. The SMILES string of the molecule is CCc1cnc(N(CCCC2Oc3cccc(CC(=O)O)c3CC2C)Cc2ccc(OC(F)(F)F)cc2)nc1. The van der Waals surface area contributed by atoms with E-state index in [2.05, 4.69) is 21.6 Å². The molecule has 2 aromatic carbocycles. The van der Waals surface area contributed by atoms with E-state index in [1.54, 1.807) is 24.5 Å². The number of carbonyl (C=O) groups is 1. The number of ether oxygens (including phenoxy) is 2. The number of halogens is 3. The van der Waals surface area contributed by atoms with Gasteiger partial charge >= 0.3 is 12.3 Å². The summed E-state index contributed by atoms with van der Waals surface area (Å²) in [4.78, 5) is 22.3. The average molecular weight is 544 g/mol. The molecule has 2 atom stereocenters. The summed E-state index contributed by atoms with van der Waals surface area (Å²) in [6.45, 7) is 5.17. The normalized spacial score (nSPS) is 16.7. The molecular formula is C29H32F3N3O4. The highest BCUT2D eigenvalue weighted by molar-refractivity contribution is 5.71. The number of aromatic nitrogens is 2. The van der Waals surface area contributed by atoms with Gasteiger partial charge in [-0.2, -0.15) is 0 Å². The van der Waals surface area contributed by atoms with Crippen LogP contribution in [0.3, 0.4) is 0 Å². The van der Waals surface area contributed by atoms with Gasteiger partial charge < -0.3 is 19.5 Å². The number of carboxylic acids is 1. The molecule has 7 nitrogen and oxygen atoms in total. The van der Waals surface area contributed by atoms with Crippen LogP contribution in [-0.4, -0.2) is 40.1 Å². The molecule has 0 aliphatic carbocycles. The molecule has 3 aromatic rings. The molecule has 0 saturated heterocycles. The number of alkyl halides is 3. The topological polar surface area (TPSA) is 84.8 Å². The van der Waals surface area contributed by atoms with Crippen molar-refractivity contribution in [2.45, 2.75) is 65.0 Å². The predicted octanol–water partition coefficient (Wildman–Crippen LogP) is 5.99. The number of fused-ring (bicyclic) bond motifs is 1. The lowest BCUT2D eigenvalue weighted by Crippen LogP contribution is -2.33. The third-order valence-corrected chi connectivity index (χ3v) is 6.84. The van der Waals surface area contributed by atoms with Gasteiger partial charge in [0.25, 0.3) is 0 Å². The Morgan fingerprint density at radius 3 is 2.49 bits per heavy atom. The Morgan fingerprint density at radius 1 is 1.13 bits per heavy atom. The van der Waals surface area contributed by atoms with Gasteiger partial charge in [0, 0.05) is 25.5 Å². The van der Waals surface area contributed by atoms with Crippen molar-refractivity contribution in [2.24, 2.45) is 5.92 Å². The molecule has 10 heteroatoms. The quantitative estimate of drug-likeness (QED) is 0.318. The van der Waals surface area contributed by atoms with Crippen molar-refractivity contribution < 1.29 is 32.5 Å². The summed E-state index contributed by atoms with van der Waals surface area (Å²) < 4.78 is 47.9. The van der Waals surface area contributed by atoms with Gasteiger partial charge in [-0.3, -0.25) is 4.79 Å². The van der Waals surface area contributed by atoms with Crippen LogP contribution < -0.4 is 14.4 Å². The Kier molecular flexibility index (Phi) is 8.93. The molecule has 2 unspecified atom stereocenters. The lowest BCUT2D eigenvalue weighted by Gasteiger charge is -2.33. The van der Waals surface area contributed by atoms with Gasteiger partial charge in [-0.1, -0.05) is 38.1 Å². The van der Waals surface area contributed by atoms with Crippen molar-refractivity contribution in [2.75, 3.05) is 11.4 Å². The standard InChI is InChI=1S/C29H32F3N3O4/c1-3-20-16-33-28(34-17-20)35(18-21-9-11-23(12-10-21)39-29(30,31)32)13-5-8-25-19(2)14-24-22(15-27(36)37)6-4-7-26(24)38-25/h4,6-7,9-12,16-17,19,25H,3,5,8,13-15,18H2,1-2H3,(H,36,37). The van der Waals surface area contributed by atoms with Crippen LogP contribution in [0, 0.1) is 5.92 Å². The molecule has 2 heterocycles. The summed E-state index contributed by atoms with van der Waals surface area (Å²) in [7, 11) is 0. The maximum absolute atomic E-state index is 12.5. The lowest BCUT2D eigenvalue weighted by molar-refractivity contribution is -0.274. The fourth-order valence-corrected chi connectivity index (χ4v) is 4.80. The lowest BCUT2D eigenvalue weighted by atomic mass is 9.87. The highest BCUT2D eigenvalue weighted by atomic mass is 19.4. The van der Waals surface area contributed by atoms with Crippen LogP contribution >= 0.6 is 0 Å². The molecule has 0 bridgehead atoms. The van der Waals surface area contributed by atoms with Crippen LogP contribution in [0.5, 0.6) is 11.5 Å². The van der Waals surface area contributed by atoms with Crippen LogP contribution in [0.4, 0.5) is 19.1 Å². The monoisotopic (exact) mass is 543 g/mol. The molecular weight excluding hydrogens is 511 g/mol. The molecule has 4 rings (SSSR count). The third kappa shape index (κ3) is 7.84.